The first-order valence-electron chi connectivity index (χ1n) is 11.1. The molecule has 2 fully saturated rings. The average molecular weight is 443 g/mol. The van der Waals surface area contributed by atoms with E-state index in [9.17, 15) is 19.2 Å². The number of imide groups is 1. The zero-order valence-electron chi connectivity index (χ0n) is 19.0. The van der Waals surface area contributed by atoms with Crippen LogP contribution in [0.5, 0.6) is 0 Å². The predicted octanol–water partition coefficient (Wildman–Crippen LogP) is 1.89. The third-order valence-corrected chi connectivity index (χ3v) is 6.15. The molecule has 3 aliphatic rings. The van der Waals surface area contributed by atoms with Crippen molar-refractivity contribution in [3.8, 4) is 0 Å². The second-order valence-corrected chi connectivity index (χ2v) is 9.67. The highest BCUT2D eigenvalue weighted by atomic mass is 16.6. The highest BCUT2D eigenvalue weighted by Crippen LogP contribution is 2.35. The number of hydrogen-bond acceptors (Lipinski definition) is 6. The van der Waals surface area contributed by atoms with E-state index < -0.39 is 17.6 Å². The van der Waals surface area contributed by atoms with Crippen molar-refractivity contribution in [1.82, 2.24) is 15.1 Å². The zero-order valence-corrected chi connectivity index (χ0v) is 19.0. The maximum absolute atomic E-state index is 13.1. The number of ether oxygens (including phenoxy) is 1. The fraction of sp³-hybridized carbons (Fsp3) is 0.565. The summed E-state index contributed by atoms with van der Waals surface area (Å²) in [7, 11) is 0. The minimum Gasteiger partial charge on any atom is -0.444 e. The Bertz CT molecular complexity index is 970. The molecule has 0 saturated carbocycles. The summed E-state index contributed by atoms with van der Waals surface area (Å²) in [5.74, 6) is -0.895. The normalized spacial score (nSPS) is 23.9. The van der Waals surface area contributed by atoms with E-state index >= 15 is 0 Å². The smallest absolute Gasteiger partial charge is 0.410 e. The molecule has 2 atom stereocenters. The van der Waals surface area contributed by atoms with Gasteiger partial charge in [0, 0.05) is 55.5 Å². The number of nitrogens with one attached hydrogen (secondary N) is 1. The number of piperazine rings is 1. The van der Waals surface area contributed by atoms with Gasteiger partial charge < -0.3 is 19.4 Å². The van der Waals surface area contributed by atoms with Crippen molar-refractivity contribution in [2.24, 2.45) is 0 Å². The number of fused-ring (bicyclic) bond motifs is 1. The monoisotopic (exact) mass is 442 g/mol. The zero-order chi connectivity index (χ0) is 23.2. The lowest BCUT2D eigenvalue weighted by Crippen LogP contribution is -2.55. The highest BCUT2D eigenvalue weighted by molar-refractivity contribution is 6.06. The van der Waals surface area contributed by atoms with Crippen LogP contribution in [0.3, 0.4) is 0 Å². The first kappa shape index (κ1) is 22.1. The van der Waals surface area contributed by atoms with E-state index in [1.54, 1.807) is 15.9 Å². The molecule has 0 aromatic heterocycles. The molecular weight excluding hydrogens is 412 g/mol. The molecule has 1 unspecified atom stereocenters. The quantitative estimate of drug-likeness (QED) is 0.703. The van der Waals surface area contributed by atoms with Crippen LogP contribution in [0, 0.1) is 0 Å². The summed E-state index contributed by atoms with van der Waals surface area (Å²) in [6.07, 6.45) is 0.251. The minimum absolute atomic E-state index is 0.0576. The Labute approximate surface area is 187 Å². The van der Waals surface area contributed by atoms with Gasteiger partial charge in [0.15, 0.2) is 0 Å². The fourth-order valence-corrected chi connectivity index (χ4v) is 4.63. The molecule has 0 spiro atoms. The van der Waals surface area contributed by atoms with Gasteiger partial charge in [-0.3, -0.25) is 19.7 Å². The summed E-state index contributed by atoms with van der Waals surface area (Å²) in [5, 5.41) is 2.34. The van der Waals surface area contributed by atoms with Gasteiger partial charge in [-0.1, -0.05) is 6.07 Å². The van der Waals surface area contributed by atoms with Crippen molar-refractivity contribution in [3.63, 3.8) is 0 Å². The summed E-state index contributed by atoms with van der Waals surface area (Å²) in [6, 6.07) is 4.93. The molecule has 1 N–H and O–H groups in total. The van der Waals surface area contributed by atoms with Gasteiger partial charge in [0.1, 0.15) is 11.6 Å². The van der Waals surface area contributed by atoms with Crippen molar-refractivity contribution in [2.45, 2.75) is 64.8 Å². The Morgan fingerprint density at radius 3 is 2.56 bits per heavy atom. The molecule has 9 nitrogen and oxygen atoms in total. The summed E-state index contributed by atoms with van der Waals surface area (Å²) in [5.41, 5.74) is 1.88. The number of carbonyl (C=O) groups excluding carboxylic acids is 4. The largest absolute Gasteiger partial charge is 0.444 e. The van der Waals surface area contributed by atoms with Crippen LogP contribution in [0.25, 0.3) is 0 Å². The van der Waals surface area contributed by atoms with Crippen molar-refractivity contribution in [3.05, 3.63) is 29.3 Å². The molecule has 1 aromatic rings. The van der Waals surface area contributed by atoms with Crippen molar-refractivity contribution < 1.29 is 23.9 Å². The first-order chi connectivity index (χ1) is 15.0. The van der Waals surface area contributed by atoms with Crippen LogP contribution in [0.15, 0.2) is 18.2 Å². The lowest BCUT2D eigenvalue weighted by molar-refractivity contribution is -0.136. The third-order valence-electron chi connectivity index (χ3n) is 6.15. The lowest BCUT2D eigenvalue weighted by Gasteiger charge is -2.41. The highest BCUT2D eigenvalue weighted by Gasteiger charge is 2.41. The van der Waals surface area contributed by atoms with E-state index in [1.807, 2.05) is 39.8 Å². The van der Waals surface area contributed by atoms with Gasteiger partial charge in [0.25, 0.3) is 5.91 Å². The number of amides is 4. The minimum atomic E-state index is -0.636. The Morgan fingerprint density at radius 2 is 1.91 bits per heavy atom. The topological polar surface area (TPSA) is 99.3 Å². The summed E-state index contributed by atoms with van der Waals surface area (Å²) in [6.45, 7) is 9.62. The van der Waals surface area contributed by atoms with Crippen molar-refractivity contribution in [1.29, 1.82) is 0 Å². The van der Waals surface area contributed by atoms with E-state index in [0.29, 0.717) is 38.2 Å². The molecule has 3 heterocycles. The molecule has 1 aromatic carbocycles. The molecule has 4 rings (SSSR count). The van der Waals surface area contributed by atoms with Crippen LogP contribution in [0.4, 0.5) is 10.5 Å². The first-order valence-corrected chi connectivity index (χ1v) is 11.1. The standard InChI is InChI=1S/C23H30N4O5/c1-14-12-25(10-11-26(14)22(31)32-23(2,3)4)17-7-5-6-15-16(17)13-27(21(15)30)18-8-9-19(28)24-20(18)29/h5-7,14,18H,8-13H2,1-4H3,(H,24,28,29)/t14-,18?/m1/s1. The number of benzene rings is 1. The molecule has 0 aliphatic carbocycles. The lowest BCUT2D eigenvalue weighted by atomic mass is 10.0. The number of rotatable bonds is 2. The Balaban J connectivity index is 1.50. The molecule has 32 heavy (non-hydrogen) atoms. The van der Waals surface area contributed by atoms with Gasteiger partial charge in [-0.2, -0.15) is 0 Å². The molecule has 9 heteroatoms. The van der Waals surface area contributed by atoms with E-state index in [-0.39, 0.29) is 30.4 Å². The maximum atomic E-state index is 13.1. The van der Waals surface area contributed by atoms with Crippen LogP contribution in [-0.4, -0.2) is 70.9 Å². The van der Waals surface area contributed by atoms with Gasteiger partial charge in [-0.05, 0) is 46.2 Å². The average Bonchev–Trinajstić information content (AvgIpc) is 3.03. The van der Waals surface area contributed by atoms with Gasteiger partial charge in [0.05, 0.1) is 0 Å². The number of anilines is 1. The fourth-order valence-electron chi connectivity index (χ4n) is 4.63. The van der Waals surface area contributed by atoms with E-state index in [2.05, 4.69) is 10.2 Å². The third kappa shape index (κ3) is 4.16. The van der Waals surface area contributed by atoms with Crippen LogP contribution in [0.2, 0.25) is 0 Å². The number of piperidine rings is 1. The van der Waals surface area contributed by atoms with Gasteiger partial charge in [-0.15, -0.1) is 0 Å². The van der Waals surface area contributed by atoms with Crippen LogP contribution in [-0.2, 0) is 20.9 Å². The summed E-state index contributed by atoms with van der Waals surface area (Å²) >= 11 is 0. The van der Waals surface area contributed by atoms with E-state index in [1.165, 1.54) is 0 Å². The Hall–Kier alpha value is -3.10. The number of hydrogen-bond donors (Lipinski definition) is 1. The summed E-state index contributed by atoms with van der Waals surface area (Å²) < 4.78 is 5.53. The molecule has 0 radical (unpaired) electrons. The molecule has 4 amide bonds. The van der Waals surface area contributed by atoms with Crippen molar-refractivity contribution in [2.75, 3.05) is 24.5 Å². The van der Waals surface area contributed by atoms with Gasteiger partial charge in [-0.25, -0.2) is 4.79 Å². The molecule has 3 aliphatic heterocycles. The predicted molar refractivity (Wildman–Crippen MR) is 117 cm³/mol. The SMILES string of the molecule is C[C@@H]1CN(c2cccc3c2CN(C2CCC(=O)NC2=O)C3=O)CCN1C(=O)OC(C)(C)C. The van der Waals surface area contributed by atoms with Gasteiger partial charge >= 0.3 is 6.09 Å². The van der Waals surface area contributed by atoms with Crippen molar-refractivity contribution >= 4 is 29.5 Å². The molecule has 0 bridgehead atoms. The Morgan fingerprint density at radius 1 is 1.16 bits per heavy atom. The summed E-state index contributed by atoms with van der Waals surface area (Å²) in [4.78, 5) is 54.9. The molecule has 172 valence electrons. The van der Waals surface area contributed by atoms with Gasteiger partial charge in [0.2, 0.25) is 11.8 Å². The van der Waals surface area contributed by atoms with Crippen LogP contribution in [0.1, 0.15) is 56.5 Å². The Kier molecular flexibility index (Phi) is 5.60. The molecular formula is C23H30N4O5. The number of carbonyl (C=O) groups is 4. The van der Waals surface area contributed by atoms with E-state index in [0.717, 1.165) is 11.3 Å². The number of nitrogens with zero attached hydrogens (tertiary/aromatic N) is 3. The van der Waals surface area contributed by atoms with Crippen LogP contribution < -0.4 is 10.2 Å². The molecule has 2 saturated heterocycles. The second-order valence-electron chi connectivity index (χ2n) is 9.67. The maximum Gasteiger partial charge on any atom is 0.410 e. The van der Waals surface area contributed by atoms with Crippen LogP contribution >= 0.6 is 0 Å². The second kappa shape index (κ2) is 8.11. The van der Waals surface area contributed by atoms with E-state index in [4.69, 9.17) is 4.74 Å².